The van der Waals surface area contributed by atoms with Crippen LogP contribution in [0.5, 0.6) is 0 Å². The molecule has 0 amide bonds. The largest absolute Gasteiger partial charge is 0.324 e. The zero-order valence-electron chi connectivity index (χ0n) is 10.2. The van der Waals surface area contributed by atoms with Gasteiger partial charge in [0.25, 0.3) is 0 Å². The van der Waals surface area contributed by atoms with Crippen LogP contribution in [-0.4, -0.2) is 0 Å². The quantitative estimate of drug-likeness (QED) is 0.728. The minimum absolute atomic E-state index is 0.0428. The predicted octanol–water partition coefficient (Wildman–Crippen LogP) is 4.60. The highest BCUT2D eigenvalue weighted by atomic mass is 127. The van der Waals surface area contributed by atoms with Crippen LogP contribution in [0.3, 0.4) is 0 Å². The fourth-order valence-corrected chi connectivity index (χ4v) is 2.96. The fourth-order valence-electron chi connectivity index (χ4n) is 1.97. The second-order valence-corrected chi connectivity index (χ2v) is 6.66. The third kappa shape index (κ3) is 3.80. The summed E-state index contributed by atoms with van der Waals surface area (Å²) in [5.74, 6) is 0. The normalized spacial score (nSPS) is 12.4. The summed E-state index contributed by atoms with van der Waals surface area (Å²) in [5.41, 5.74) is 9.97. The van der Waals surface area contributed by atoms with Crippen LogP contribution in [0.1, 0.15) is 22.7 Å². The van der Waals surface area contributed by atoms with Gasteiger partial charge >= 0.3 is 0 Å². The lowest BCUT2D eigenvalue weighted by Crippen LogP contribution is -2.13. The average Bonchev–Trinajstić information content (AvgIpc) is 2.31. The third-order valence-electron chi connectivity index (χ3n) is 2.86. The van der Waals surface area contributed by atoms with E-state index in [-0.39, 0.29) is 6.04 Å². The van der Waals surface area contributed by atoms with E-state index in [9.17, 15) is 0 Å². The van der Waals surface area contributed by atoms with Crippen molar-refractivity contribution in [3.8, 4) is 0 Å². The summed E-state index contributed by atoms with van der Waals surface area (Å²) in [6.45, 7) is 2.09. The van der Waals surface area contributed by atoms with E-state index in [0.717, 1.165) is 10.9 Å². The Hall–Kier alpha value is -0.390. The highest BCUT2D eigenvalue weighted by molar-refractivity contribution is 14.1. The summed E-state index contributed by atoms with van der Waals surface area (Å²) in [6, 6.07) is 14.9. The van der Waals surface area contributed by atoms with Gasteiger partial charge in [-0.15, -0.1) is 0 Å². The van der Waals surface area contributed by atoms with Gasteiger partial charge in [0.2, 0.25) is 0 Å². The molecule has 2 N–H and O–H groups in total. The Labute approximate surface area is 130 Å². The first-order valence-electron chi connectivity index (χ1n) is 5.82. The van der Waals surface area contributed by atoms with Gasteiger partial charge in [-0.1, -0.05) is 34.1 Å². The van der Waals surface area contributed by atoms with Crippen LogP contribution in [0.15, 0.2) is 46.9 Å². The van der Waals surface area contributed by atoms with Gasteiger partial charge in [-0.2, -0.15) is 0 Å². The van der Waals surface area contributed by atoms with Crippen molar-refractivity contribution in [1.29, 1.82) is 0 Å². The number of halogens is 2. The van der Waals surface area contributed by atoms with Crippen molar-refractivity contribution in [3.05, 3.63) is 67.2 Å². The molecule has 3 heteroatoms. The van der Waals surface area contributed by atoms with Crippen molar-refractivity contribution in [2.24, 2.45) is 5.73 Å². The lowest BCUT2D eigenvalue weighted by atomic mass is 9.98. The van der Waals surface area contributed by atoms with Crippen LogP contribution in [0.2, 0.25) is 0 Å². The van der Waals surface area contributed by atoms with Crippen molar-refractivity contribution in [2.75, 3.05) is 0 Å². The molecule has 1 unspecified atom stereocenters. The predicted molar refractivity (Wildman–Crippen MR) is 88.7 cm³/mol. The summed E-state index contributed by atoms with van der Waals surface area (Å²) >= 11 is 5.83. The minimum Gasteiger partial charge on any atom is -0.324 e. The minimum atomic E-state index is 0.0428. The smallest absolute Gasteiger partial charge is 0.0336 e. The molecule has 18 heavy (non-hydrogen) atoms. The Kier molecular flexibility index (Phi) is 4.81. The first-order chi connectivity index (χ1) is 8.54. The number of hydrogen-bond acceptors (Lipinski definition) is 1. The standard InChI is InChI=1S/C15H15BrIN/c1-10-6-12(9-13(16)7-10)15(18)8-11-2-4-14(17)5-3-11/h2-7,9,15H,8,18H2,1H3. The Morgan fingerprint density at radius 2 is 1.83 bits per heavy atom. The lowest BCUT2D eigenvalue weighted by molar-refractivity contribution is 0.720. The van der Waals surface area contributed by atoms with E-state index in [0.29, 0.717) is 0 Å². The molecule has 0 aliphatic carbocycles. The molecule has 0 aliphatic rings. The fraction of sp³-hybridized carbons (Fsp3) is 0.200. The molecule has 0 saturated heterocycles. The maximum Gasteiger partial charge on any atom is 0.0336 e. The molecule has 0 heterocycles. The second-order valence-electron chi connectivity index (χ2n) is 4.50. The Morgan fingerprint density at radius 1 is 1.17 bits per heavy atom. The first-order valence-corrected chi connectivity index (χ1v) is 7.69. The van der Waals surface area contributed by atoms with Crippen LogP contribution in [0, 0.1) is 10.5 Å². The summed E-state index contributed by atoms with van der Waals surface area (Å²) < 4.78 is 2.35. The van der Waals surface area contributed by atoms with Crippen LogP contribution >= 0.6 is 38.5 Å². The Balaban J connectivity index is 2.16. The topological polar surface area (TPSA) is 26.0 Å². The molecule has 0 aliphatic heterocycles. The highest BCUT2D eigenvalue weighted by Crippen LogP contribution is 2.22. The molecule has 2 aromatic rings. The maximum atomic E-state index is 6.28. The summed E-state index contributed by atoms with van der Waals surface area (Å²) in [5, 5.41) is 0. The maximum absolute atomic E-state index is 6.28. The number of aryl methyl sites for hydroxylation is 1. The molecule has 0 radical (unpaired) electrons. The lowest BCUT2D eigenvalue weighted by Gasteiger charge is -2.13. The summed E-state index contributed by atoms with van der Waals surface area (Å²) in [7, 11) is 0. The van der Waals surface area contributed by atoms with Crippen molar-refractivity contribution >= 4 is 38.5 Å². The summed E-state index contributed by atoms with van der Waals surface area (Å²) in [6.07, 6.45) is 0.868. The van der Waals surface area contributed by atoms with Gasteiger partial charge in [-0.3, -0.25) is 0 Å². The van der Waals surface area contributed by atoms with Crippen molar-refractivity contribution in [2.45, 2.75) is 19.4 Å². The molecule has 1 nitrogen and oxygen atoms in total. The molecular formula is C15H15BrIN. The van der Waals surface area contributed by atoms with Gasteiger partial charge in [-0.25, -0.2) is 0 Å². The van der Waals surface area contributed by atoms with E-state index >= 15 is 0 Å². The van der Waals surface area contributed by atoms with Gasteiger partial charge in [0.05, 0.1) is 0 Å². The van der Waals surface area contributed by atoms with Crippen LogP contribution in [0.4, 0.5) is 0 Å². The molecule has 1 atom stereocenters. The second kappa shape index (κ2) is 6.17. The molecule has 0 aromatic heterocycles. The SMILES string of the molecule is Cc1cc(Br)cc(C(N)Cc2ccc(I)cc2)c1. The van der Waals surface area contributed by atoms with Gasteiger partial charge in [0, 0.05) is 14.1 Å². The first kappa shape index (κ1) is 14.0. The molecule has 2 aromatic carbocycles. The summed E-state index contributed by atoms with van der Waals surface area (Å²) in [4.78, 5) is 0. The molecular weight excluding hydrogens is 401 g/mol. The Morgan fingerprint density at radius 3 is 2.44 bits per heavy atom. The highest BCUT2D eigenvalue weighted by Gasteiger charge is 2.08. The average molecular weight is 416 g/mol. The van der Waals surface area contributed by atoms with Crippen molar-refractivity contribution in [1.82, 2.24) is 0 Å². The van der Waals surface area contributed by atoms with Gasteiger partial charge in [0.1, 0.15) is 0 Å². The number of hydrogen-bond donors (Lipinski definition) is 1. The molecule has 0 fully saturated rings. The van der Waals surface area contributed by atoms with Gasteiger partial charge in [0.15, 0.2) is 0 Å². The van der Waals surface area contributed by atoms with Crippen molar-refractivity contribution in [3.63, 3.8) is 0 Å². The van der Waals surface area contributed by atoms with Crippen LogP contribution < -0.4 is 5.73 Å². The molecule has 2 rings (SSSR count). The van der Waals surface area contributed by atoms with Crippen LogP contribution in [0.25, 0.3) is 0 Å². The van der Waals surface area contributed by atoms with E-state index in [4.69, 9.17) is 5.73 Å². The van der Waals surface area contributed by atoms with Gasteiger partial charge < -0.3 is 5.73 Å². The Bertz CT molecular complexity index is 516. The van der Waals surface area contributed by atoms with Crippen molar-refractivity contribution < 1.29 is 0 Å². The number of rotatable bonds is 3. The van der Waals surface area contributed by atoms with E-state index in [1.807, 2.05) is 0 Å². The van der Waals surface area contributed by atoms with Gasteiger partial charge in [-0.05, 0) is 76.9 Å². The number of nitrogens with two attached hydrogens (primary N) is 1. The zero-order chi connectivity index (χ0) is 13.1. The zero-order valence-corrected chi connectivity index (χ0v) is 13.9. The molecule has 0 bridgehead atoms. The monoisotopic (exact) mass is 415 g/mol. The van der Waals surface area contributed by atoms with Crippen LogP contribution in [-0.2, 0) is 6.42 Å². The van der Waals surface area contributed by atoms with E-state index in [1.54, 1.807) is 0 Å². The third-order valence-corrected chi connectivity index (χ3v) is 4.04. The molecule has 0 saturated carbocycles. The van der Waals surface area contributed by atoms with E-state index < -0.39 is 0 Å². The molecule has 0 spiro atoms. The van der Waals surface area contributed by atoms with E-state index in [1.165, 1.54) is 20.3 Å². The van der Waals surface area contributed by atoms with E-state index in [2.05, 4.69) is 87.9 Å². The molecule has 94 valence electrons. The number of benzene rings is 2.